The molecule has 9 heteroatoms. The van der Waals surface area contributed by atoms with Gasteiger partial charge in [-0.25, -0.2) is 13.4 Å². The lowest BCUT2D eigenvalue weighted by Crippen LogP contribution is -2.41. The Morgan fingerprint density at radius 2 is 1.82 bits per heavy atom. The Morgan fingerprint density at radius 1 is 1.09 bits per heavy atom. The molecule has 0 aliphatic carbocycles. The fourth-order valence-corrected chi connectivity index (χ4v) is 6.49. The van der Waals surface area contributed by atoms with Crippen molar-refractivity contribution in [1.82, 2.24) is 19.1 Å². The van der Waals surface area contributed by atoms with E-state index in [1.807, 2.05) is 57.3 Å². The number of hydrogen-bond acceptors (Lipinski definition) is 6. The highest BCUT2D eigenvalue weighted by Crippen LogP contribution is 2.29. The van der Waals surface area contributed by atoms with Gasteiger partial charge in [0.1, 0.15) is 5.01 Å². The van der Waals surface area contributed by atoms with Crippen molar-refractivity contribution in [1.29, 1.82) is 0 Å². The second-order valence-corrected chi connectivity index (χ2v) is 11.5. The molecule has 2 aromatic carbocycles. The number of thiazole rings is 1. The number of benzene rings is 2. The number of hydrogen-bond donors (Lipinski definition) is 0. The Hall–Kier alpha value is -2.33. The molecule has 33 heavy (non-hydrogen) atoms. The lowest BCUT2D eigenvalue weighted by molar-refractivity contribution is -0.133. The van der Waals surface area contributed by atoms with Gasteiger partial charge in [0.25, 0.3) is 0 Å². The Morgan fingerprint density at radius 3 is 2.55 bits per heavy atom. The number of rotatable bonds is 6. The number of sulfonamides is 1. The fraction of sp³-hybridized carbons (Fsp3) is 0.417. The van der Waals surface area contributed by atoms with Gasteiger partial charge in [0.15, 0.2) is 0 Å². The first-order valence-corrected chi connectivity index (χ1v) is 13.4. The maximum absolute atomic E-state index is 13.0. The van der Waals surface area contributed by atoms with Crippen molar-refractivity contribution in [2.24, 2.45) is 0 Å². The smallest absolute Gasteiger partial charge is 0.243 e. The molecule has 2 heterocycles. The van der Waals surface area contributed by atoms with Crippen LogP contribution in [0.4, 0.5) is 0 Å². The minimum Gasteiger partial charge on any atom is -0.335 e. The lowest BCUT2D eigenvalue weighted by Gasteiger charge is -2.27. The first-order valence-electron chi connectivity index (χ1n) is 11.2. The molecule has 4 rings (SSSR count). The van der Waals surface area contributed by atoms with Gasteiger partial charge in [0.05, 0.1) is 27.7 Å². The van der Waals surface area contributed by atoms with Crippen LogP contribution in [0.1, 0.15) is 30.0 Å². The molecule has 1 atom stereocenters. The highest BCUT2D eigenvalue weighted by molar-refractivity contribution is 7.89. The Labute approximate surface area is 199 Å². The van der Waals surface area contributed by atoms with E-state index >= 15 is 0 Å². The quantitative estimate of drug-likeness (QED) is 0.533. The van der Waals surface area contributed by atoms with Crippen molar-refractivity contribution >= 4 is 37.5 Å². The topological polar surface area (TPSA) is 73.8 Å². The summed E-state index contributed by atoms with van der Waals surface area (Å²) in [5.74, 6) is 0.0107. The standard InChI is InChI=1S/C24H30N4O3S2/c1-18-9-11-20(12-10-18)33(30,31)28-14-6-13-27(15-16-28)17-23(29)26(3)19(2)24-25-21-7-4-5-8-22(21)32-24/h4-5,7-12,19H,6,13-17H2,1-3H3/t19-/m0/s1. The Kier molecular flexibility index (Phi) is 7.13. The third-order valence-electron chi connectivity index (χ3n) is 6.21. The average Bonchev–Trinajstić information content (AvgIpc) is 3.10. The molecule has 0 saturated carbocycles. The summed E-state index contributed by atoms with van der Waals surface area (Å²) in [6.45, 7) is 6.25. The molecule has 0 spiro atoms. The first-order chi connectivity index (χ1) is 15.8. The van der Waals surface area contributed by atoms with Crippen molar-refractivity contribution < 1.29 is 13.2 Å². The highest BCUT2D eigenvalue weighted by Gasteiger charge is 2.28. The molecule has 1 aromatic heterocycles. The van der Waals surface area contributed by atoms with Gasteiger partial charge in [-0.05, 0) is 51.1 Å². The normalized spacial score (nSPS) is 17.1. The third kappa shape index (κ3) is 5.27. The minimum atomic E-state index is -3.53. The van der Waals surface area contributed by atoms with Crippen LogP contribution in [-0.4, -0.2) is 73.2 Å². The molecule has 176 valence electrons. The second-order valence-electron chi connectivity index (χ2n) is 8.55. The van der Waals surface area contributed by atoms with Gasteiger partial charge in [-0.3, -0.25) is 9.69 Å². The zero-order valence-electron chi connectivity index (χ0n) is 19.3. The molecular weight excluding hydrogens is 456 g/mol. The number of amides is 1. The van der Waals surface area contributed by atoms with E-state index < -0.39 is 10.0 Å². The van der Waals surface area contributed by atoms with E-state index in [4.69, 9.17) is 0 Å². The van der Waals surface area contributed by atoms with Gasteiger partial charge in [0, 0.05) is 26.7 Å². The molecule has 1 amide bonds. The van der Waals surface area contributed by atoms with Crippen LogP contribution in [0.25, 0.3) is 10.2 Å². The predicted molar refractivity (Wildman–Crippen MR) is 132 cm³/mol. The summed E-state index contributed by atoms with van der Waals surface area (Å²) >= 11 is 1.61. The molecule has 1 aliphatic heterocycles. The second kappa shape index (κ2) is 9.89. The van der Waals surface area contributed by atoms with E-state index in [0.717, 1.165) is 20.8 Å². The zero-order chi connectivity index (χ0) is 23.6. The van der Waals surface area contributed by atoms with Crippen molar-refractivity contribution in [3.8, 4) is 0 Å². The van der Waals surface area contributed by atoms with Crippen LogP contribution in [0.2, 0.25) is 0 Å². The molecule has 7 nitrogen and oxygen atoms in total. The summed E-state index contributed by atoms with van der Waals surface area (Å²) in [5.41, 5.74) is 1.98. The number of fused-ring (bicyclic) bond motifs is 1. The number of aromatic nitrogens is 1. The summed E-state index contributed by atoms with van der Waals surface area (Å²) in [6, 6.07) is 14.8. The number of aryl methyl sites for hydroxylation is 1. The molecule has 1 saturated heterocycles. The van der Waals surface area contributed by atoms with Crippen LogP contribution >= 0.6 is 11.3 Å². The van der Waals surface area contributed by atoms with E-state index in [-0.39, 0.29) is 18.5 Å². The first kappa shape index (κ1) is 23.8. The monoisotopic (exact) mass is 486 g/mol. The summed E-state index contributed by atoms with van der Waals surface area (Å²) in [5, 5.41) is 0.915. The fourth-order valence-electron chi connectivity index (χ4n) is 3.96. The Bertz CT molecular complexity index is 1190. The summed E-state index contributed by atoms with van der Waals surface area (Å²) < 4.78 is 28.7. The number of nitrogens with zero attached hydrogens (tertiary/aromatic N) is 4. The number of para-hydroxylation sites is 1. The van der Waals surface area contributed by atoms with Gasteiger partial charge in [-0.15, -0.1) is 11.3 Å². The lowest BCUT2D eigenvalue weighted by atomic mass is 10.2. The molecule has 0 radical (unpaired) electrons. The number of likely N-dealkylation sites (N-methyl/N-ethyl adjacent to an activating group) is 1. The minimum absolute atomic E-state index is 0.0107. The van der Waals surface area contributed by atoms with Crippen molar-refractivity contribution in [2.75, 3.05) is 39.8 Å². The van der Waals surface area contributed by atoms with Gasteiger partial charge < -0.3 is 4.90 Å². The van der Waals surface area contributed by atoms with Crippen LogP contribution in [-0.2, 0) is 14.8 Å². The summed E-state index contributed by atoms with van der Waals surface area (Å²) in [7, 11) is -1.72. The van der Waals surface area contributed by atoms with Crippen molar-refractivity contribution in [2.45, 2.75) is 31.2 Å². The van der Waals surface area contributed by atoms with Crippen LogP contribution in [0.5, 0.6) is 0 Å². The zero-order valence-corrected chi connectivity index (χ0v) is 20.9. The van der Waals surface area contributed by atoms with Crippen LogP contribution in [0, 0.1) is 6.92 Å². The van der Waals surface area contributed by atoms with Gasteiger partial charge in [-0.1, -0.05) is 29.8 Å². The summed E-state index contributed by atoms with van der Waals surface area (Å²) in [6.07, 6.45) is 0.690. The number of carbonyl (C=O) groups is 1. The van der Waals surface area contributed by atoms with E-state index in [1.54, 1.807) is 28.4 Å². The molecule has 0 N–H and O–H groups in total. The van der Waals surface area contributed by atoms with Crippen LogP contribution in [0.3, 0.4) is 0 Å². The molecule has 1 fully saturated rings. The van der Waals surface area contributed by atoms with Crippen LogP contribution < -0.4 is 0 Å². The average molecular weight is 487 g/mol. The van der Waals surface area contributed by atoms with Crippen molar-refractivity contribution in [3.63, 3.8) is 0 Å². The van der Waals surface area contributed by atoms with Gasteiger partial charge in [-0.2, -0.15) is 4.31 Å². The van der Waals surface area contributed by atoms with Crippen molar-refractivity contribution in [3.05, 3.63) is 59.1 Å². The third-order valence-corrected chi connectivity index (χ3v) is 9.33. The maximum Gasteiger partial charge on any atom is 0.243 e. The molecular formula is C24H30N4O3S2. The highest BCUT2D eigenvalue weighted by atomic mass is 32.2. The largest absolute Gasteiger partial charge is 0.335 e. The Balaban J connectivity index is 1.37. The maximum atomic E-state index is 13.0. The van der Waals surface area contributed by atoms with E-state index in [1.165, 1.54) is 4.31 Å². The predicted octanol–water partition coefficient (Wildman–Crippen LogP) is 3.52. The molecule has 1 aliphatic rings. The molecule has 0 bridgehead atoms. The van der Waals surface area contributed by atoms with Crippen LogP contribution in [0.15, 0.2) is 53.4 Å². The van der Waals surface area contributed by atoms with E-state index in [2.05, 4.69) is 9.88 Å². The molecule has 0 unspecified atom stereocenters. The van der Waals surface area contributed by atoms with E-state index in [0.29, 0.717) is 37.5 Å². The SMILES string of the molecule is Cc1ccc(S(=O)(=O)N2CCCN(CC(=O)N(C)[C@@H](C)c3nc4ccccc4s3)CC2)cc1. The summed E-state index contributed by atoms with van der Waals surface area (Å²) in [4.78, 5) is 21.8. The van der Waals surface area contributed by atoms with Gasteiger partial charge in [0.2, 0.25) is 15.9 Å². The molecule has 3 aromatic rings. The van der Waals surface area contributed by atoms with E-state index in [9.17, 15) is 13.2 Å². The number of carbonyl (C=O) groups excluding carboxylic acids is 1. The van der Waals surface area contributed by atoms with Gasteiger partial charge >= 0.3 is 0 Å².